The Morgan fingerprint density at radius 1 is 1.62 bits per heavy atom. The molecule has 0 N–H and O–H groups in total. The number of aryl methyl sites for hydroxylation is 1. The SMILES string of the molecule is CC(C)C(=O)c1cn(C)c(C=O)n1. The number of hydrogen-bond acceptors (Lipinski definition) is 3. The van der Waals surface area contributed by atoms with Gasteiger partial charge in [0.15, 0.2) is 17.9 Å². The van der Waals surface area contributed by atoms with Crippen LogP contribution >= 0.6 is 0 Å². The number of carbonyl (C=O) groups is 2. The first kappa shape index (κ1) is 9.64. The number of carbonyl (C=O) groups excluding carboxylic acids is 2. The Morgan fingerprint density at radius 2 is 2.23 bits per heavy atom. The number of rotatable bonds is 3. The summed E-state index contributed by atoms with van der Waals surface area (Å²) in [6.07, 6.45) is 2.21. The Kier molecular flexibility index (Phi) is 2.60. The van der Waals surface area contributed by atoms with Crippen LogP contribution in [0.25, 0.3) is 0 Å². The summed E-state index contributed by atoms with van der Waals surface area (Å²) in [6, 6.07) is 0. The van der Waals surface area contributed by atoms with Crippen molar-refractivity contribution in [1.29, 1.82) is 0 Å². The van der Waals surface area contributed by atoms with Crippen molar-refractivity contribution < 1.29 is 9.59 Å². The van der Waals surface area contributed by atoms with Crippen LogP contribution in [0.1, 0.15) is 35.0 Å². The highest BCUT2D eigenvalue weighted by Gasteiger charge is 2.15. The van der Waals surface area contributed by atoms with E-state index in [-0.39, 0.29) is 17.5 Å². The zero-order chi connectivity index (χ0) is 10.0. The number of nitrogens with zero attached hydrogens (tertiary/aromatic N) is 2. The lowest BCUT2D eigenvalue weighted by Crippen LogP contribution is -2.07. The zero-order valence-corrected chi connectivity index (χ0v) is 7.94. The standard InChI is InChI=1S/C9H12N2O2/c1-6(2)9(13)7-4-11(3)8(5-12)10-7/h4-6H,1-3H3. The van der Waals surface area contributed by atoms with Gasteiger partial charge in [0.1, 0.15) is 5.69 Å². The monoisotopic (exact) mass is 180 g/mol. The van der Waals surface area contributed by atoms with Gasteiger partial charge in [0.2, 0.25) is 0 Å². The smallest absolute Gasteiger partial charge is 0.185 e. The highest BCUT2D eigenvalue weighted by molar-refractivity contribution is 5.96. The van der Waals surface area contributed by atoms with Crippen LogP contribution in [0.5, 0.6) is 0 Å². The number of imidazole rings is 1. The fourth-order valence-corrected chi connectivity index (χ4v) is 1.00. The molecule has 0 aliphatic heterocycles. The van der Waals surface area contributed by atoms with Gasteiger partial charge in [-0.05, 0) is 0 Å². The molecule has 1 aromatic heterocycles. The molecule has 70 valence electrons. The molecule has 0 radical (unpaired) electrons. The van der Waals surface area contributed by atoms with Gasteiger partial charge in [0.05, 0.1) is 0 Å². The minimum absolute atomic E-state index is 0.0382. The van der Waals surface area contributed by atoms with E-state index in [0.29, 0.717) is 12.0 Å². The summed E-state index contributed by atoms with van der Waals surface area (Å²) < 4.78 is 1.54. The maximum Gasteiger partial charge on any atom is 0.185 e. The number of Topliss-reactive ketones (excluding diaryl/α,β-unsaturated/α-hetero) is 1. The van der Waals surface area contributed by atoms with Crippen molar-refractivity contribution in [2.24, 2.45) is 13.0 Å². The predicted molar refractivity (Wildman–Crippen MR) is 47.8 cm³/mol. The molecule has 0 spiro atoms. The molecular weight excluding hydrogens is 168 g/mol. The quantitative estimate of drug-likeness (QED) is 0.516. The van der Waals surface area contributed by atoms with Crippen molar-refractivity contribution in [3.8, 4) is 0 Å². The number of aldehydes is 1. The van der Waals surface area contributed by atoms with E-state index >= 15 is 0 Å². The minimum Gasteiger partial charge on any atom is -0.331 e. The largest absolute Gasteiger partial charge is 0.331 e. The van der Waals surface area contributed by atoms with E-state index in [9.17, 15) is 9.59 Å². The third kappa shape index (κ3) is 1.83. The van der Waals surface area contributed by atoms with Crippen LogP contribution in [0.15, 0.2) is 6.20 Å². The van der Waals surface area contributed by atoms with Gasteiger partial charge in [-0.25, -0.2) is 4.98 Å². The molecule has 0 aromatic carbocycles. The van der Waals surface area contributed by atoms with Gasteiger partial charge in [-0.15, -0.1) is 0 Å². The van der Waals surface area contributed by atoms with E-state index in [1.54, 1.807) is 31.7 Å². The molecule has 1 heterocycles. The van der Waals surface area contributed by atoms with Crippen molar-refractivity contribution >= 4 is 12.1 Å². The lowest BCUT2D eigenvalue weighted by molar-refractivity contribution is 0.0934. The molecule has 4 heteroatoms. The van der Waals surface area contributed by atoms with Gasteiger partial charge in [0, 0.05) is 19.2 Å². The lowest BCUT2D eigenvalue weighted by Gasteiger charge is -1.97. The molecule has 0 aliphatic carbocycles. The van der Waals surface area contributed by atoms with Gasteiger partial charge in [-0.1, -0.05) is 13.8 Å². The van der Waals surface area contributed by atoms with E-state index in [4.69, 9.17) is 0 Å². The Bertz CT molecular complexity index is 339. The van der Waals surface area contributed by atoms with Gasteiger partial charge in [0.25, 0.3) is 0 Å². The highest BCUT2D eigenvalue weighted by Crippen LogP contribution is 2.06. The lowest BCUT2D eigenvalue weighted by atomic mass is 10.1. The maximum atomic E-state index is 11.4. The predicted octanol–water partition coefficient (Wildman–Crippen LogP) is 1.07. The van der Waals surface area contributed by atoms with Gasteiger partial charge < -0.3 is 4.57 Å². The first-order chi connectivity index (χ1) is 6.06. The molecule has 13 heavy (non-hydrogen) atoms. The Hall–Kier alpha value is -1.45. The van der Waals surface area contributed by atoms with Crippen molar-refractivity contribution in [3.63, 3.8) is 0 Å². The van der Waals surface area contributed by atoms with Crippen molar-refractivity contribution in [2.45, 2.75) is 13.8 Å². The molecule has 1 aromatic rings. The summed E-state index contributed by atoms with van der Waals surface area (Å²) in [7, 11) is 1.69. The average molecular weight is 180 g/mol. The summed E-state index contributed by atoms with van der Waals surface area (Å²) in [5.41, 5.74) is 0.361. The molecule has 0 bridgehead atoms. The Morgan fingerprint density at radius 3 is 2.62 bits per heavy atom. The van der Waals surface area contributed by atoms with Gasteiger partial charge in [-0.3, -0.25) is 9.59 Å². The van der Waals surface area contributed by atoms with Gasteiger partial charge in [-0.2, -0.15) is 0 Å². The summed E-state index contributed by atoms with van der Waals surface area (Å²) in [6.45, 7) is 3.61. The Labute approximate surface area is 76.6 Å². The van der Waals surface area contributed by atoms with E-state index < -0.39 is 0 Å². The second-order valence-electron chi connectivity index (χ2n) is 3.23. The number of hydrogen-bond donors (Lipinski definition) is 0. The maximum absolute atomic E-state index is 11.4. The number of ketones is 1. The fraction of sp³-hybridized carbons (Fsp3) is 0.444. The molecule has 4 nitrogen and oxygen atoms in total. The van der Waals surface area contributed by atoms with Crippen molar-refractivity contribution in [1.82, 2.24) is 9.55 Å². The average Bonchev–Trinajstić information content (AvgIpc) is 2.45. The van der Waals surface area contributed by atoms with Crippen LogP contribution in [-0.4, -0.2) is 21.6 Å². The summed E-state index contributed by atoms with van der Waals surface area (Å²) in [5.74, 6) is 0.155. The molecule has 1 rings (SSSR count). The first-order valence-corrected chi connectivity index (χ1v) is 4.09. The van der Waals surface area contributed by atoms with Crippen LogP contribution < -0.4 is 0 Å². The molecule has 0 fully saturated rings. The molecular formula is C9H12N2O2. The minimum atomic E-state index is -0.0885. The van der Waals surface area contributed by atoms with Crippen molar-refractivity contribution in [3.05, 3.63) is 17.7 Å². The molecule has 0 unspecified atom stereocenters. The van der Waals surface area contributed by atoms with E-state index in [1.165, 1.54) is 0 Å². The van der Waals surface area contributed by atoms with E-state index in [1.807, 2.05) is 0 Å². The number of aromatic nitrogens is 2. The van der Waals surface area contributed by atoms with E-state index in [0.717, 1.165) is 0 Å². The highest BCUT2D eigenvalue weighted by atomic mass is 16.1. The van der Waals surface area contributed by atoms with Crippen LogP contribution in [0.4, 0.5) is 0 Å². The summed E-state index contributed by atoms with van der Waals surface area (Å²) >= 11 is 0. The molecule has 0 saturated carbocycles. The second-order valence-corrected chi connectivity index (χ2v) is 3.23. The van der Waals surface area contributed by atoms with Crippen LogP contribution in [0.3, 0.4) is 0 Å². The van der Waals surface area contributed by atoms with Crippen LogP contribution in [0, 0.1) is 5.92 Å². The zero-order valence-electron chi connectivity index (χ0n) is 7.94. The Balaban J connectivity index is 3.03. The summed E-state index contributed by atoms with van der Waals surface area (Å²) in [4.78, 5) is 25.8. The van der Waals surface area contributed by atoms with E-state index in [2.05, 4.69) is 4.98 Å². The second kappa shape index (κ2) is 3.51. The fourth-order valence-electron chi connectivity index (χ4n) is 1.00. The molecule has 0 saturated heterocycles. The summed E-state index contributed by atoms with van der Waals surface area (Å²) in [5, 5.41) is 0. The first-order valence-electron chi connectivity index (χ1n) is 4.09. The molecule has 0 aliphatic rings. The third-order valence-electron chi connectivity index (χ3n) is 1.79. The van der Waals surface area contributed by atoms with Gasteiger partial charge >= 0.3 is 0 Å². The van der Waals surface area contributed by atoms with Crippen molar-refractivity contribution in [2.75, 3.05) is 0 Å². The normalized spacial score (nSPS) is 10.5. The topological polar surface area (TPSA) is 52.0 Å². The molecule has 0 amide bonds. The van der Waals surface area contributed by atoms with Crippen LogP contribution in [0.2, 0.25) is 0 Å². The van der Waals surface area contributed by atoms with Crippen LogP contribution in [-0.2, 0) is 7.05 Å². The third-order valence-corrected chi connectivity index (χ3v) is 1.79. The molecule has 0 atom stereocenters.